The molecule has 15 heavy (non-hydrogen) atoms. The lowest BCUT2D eigenvalue weighted by atomic mass is 10.2. The normalized spacial score (nSPS) is 13.9. The summed E-state index contributed by atoms with van der Waals surface area (Å²) in [5.41, 5.74) is 0. The number of alkyl halides is 3. The van der Waals surface area contributed by atoms with Crippen molar-refractivity contribution in [2.45, 2.75) is 25.6 Å². The van der Waals surface area contributed by atoms with Crippen LogP contribution in [0.25, 0.3) is 0 Å². The van der Waals surface area contributed by atoms with Gasteiger partial charge in [0.25, 0.3) is 0 Å². The summed E-state index contributed by atoms with van der Waals surface area (Å²) in [6, 6.07) is -0.135. The van der Waals surface area contributed by atoms with Crippen molar-refractivity contribution in [1.82, 2.24) is 9.36 Å². The third-order valence-electron chi connectivity index (χ3n) is 1.61. The van der Waals surface area contributed by atoms with Gasteiger partial charge in [0.2, 0.25) is 11.0 Å². The van der Waals surface area contributed by atoms with E-state index >= 15 is 0 Å². The predicted octanol–water partition coefficient (Wildman–Crippen LogP) is 1.74. The summed E-state index contributed by atoms with van der Waals surface area (Å²) in [7, 11) is 0. The van der Waals surface area contributed by atoms with E-state index in [1.165, 1.54) is 0 Å². The molecule has 86 valence electrons. The maximum absolute atomic E-state index is 12.1. The molecule has 2 N–H and O–H groups in total. The Hall–Kier alpha value is -0.890. The monoisotopic (exact) mass is 241 g/mol. The molecule has 1 rings (SSSR count). The number of anilines is 1. The number of halogens is 3. The second-order valence-electron chi connectivity index (χ2n) is 2.98. The van der Waals surface area contributed by atoms with Crippen LogP contribution in [0.4, 0.5) is 18.3 Å². The van der Waals surface area contributed by atoms with E-state index in [0.29, 0.717) is 18.0 Å². The van der Waals surface area contributed by atoms with Crippen molar-refractivity contribution in [3.63, 3.8) is 0 Å². The fraction of sp³-hybridized carbons (Fsp3) is 0.714. The highest BCUT2D eigenvalue weighted by Gasteiger charge is 2.36. The highest BCUT2D eigenvalue weighted by Crippen LogP contribution is 2.29. The van der Waals surface area contributed by atoms with Gasteiger partial charge in [-0.3, -0.25) is 0 Å². The zero-order valence-electron chi connectivity index (χ0n) is 7.88. The number of nitrogens with one attached hydrogen (secondary N) is 1. The van der Waals surface area contributed by atoms with Crippen molar-refractivity contribution < 1.29 is 18.3 Å². The maximum atomic E-state index is 12.1. The molecule has 0 spiro atoms. The van der Waals surface area contributed by atoms with E-state index < -0.39 is 12.0 Å². The van der Waals surface area contributed by atoms with E-state index in [4.69, 9.17) is 5.11 Å². The fourth-order valence-corrected chi connectivity index (χ4v) is 1.57. The van der Waals surface area contributed by atoms with Gasteiger partial charge in [0.05, 0.1) is 0 Å². The molecule has 0 saturated heterocycles. The lowest BCUT2D eigenvalue weighted by Gasteiger charge is -2.09. The average molecular weight is 241 g/mol. The van der Waals surface area contributed by atoms with Gasteiger partial charge in [0.15, 0.2) is 0 Å². The van der Waals surface area contributed by atoms with Crippen molar-refractivity contribution in [2.24, 2.45) is 0 Å². The number of rotatable bonds is 4. The van der Waals surface area contributed by atoms with Crippen molar-refractivity contribution >= 4 is 16.7 Å². The molecular weight excluding hydrogens is 231 g/mol. The van der Waals surface area contributed by atoms with Crippen LogP contribution in [0, 0.1) is 0 Å². The van der Waals surface area contributed by atoms with E-state index in [0.717, 1.165) is 0 Å². The Morgan fingerprint density at radius 3 is 2.67 bits per heavy atom. The Morgan fingerprint density at radius 1 is 1.53 bits per heavy atom. The first kappa shape index (κ1) is 12.2. The molecule has 0 aromatic carbocycles. The molecular formula is C7H10F3N3OS. The van der Waals surface area contributed by atoms with Gasteiger partial charge in [-0.25, -0.2) is 0 Å². The van der Waals surface area contributed by atoms with Crippen LogP contribution < -0.4 is 5.32 Å². The van der Waals surface area contributed by atoms with Crippen molar-refractivity contribution in [2.75, 3.05) is 11.9 Å². The van der Waals surface area contributed by atoms with E-state index in [1.807, 2.05) is 0 Å². The van der Waals surface area contributed by atoms with Crippen LogP contribution in [0.5, 0.6) is 0 Å². The second kappa shape index (κ2) is 4.75. The molecule has 1 unspecified atom stereocenters. The third-order valence-corrected chi connectivity index (χ3v) is 2.26. The number of nitrogens with zero attached hydrogens (tertiary/aromatic N) is 2. The van der Waals surface area contributed by atoms with E-state index in [1.54, 1.807) is 6.92 Å². The van der Waals surface area contributed by atoms with Crippen molar-refractivity contribution in [1.29, 1.82) is 0 Å². The maximum Gasteiger partial charge on any atom is 0.452 e. The van der Waals surface area contributed by atoms with E-state index in [2.05, 4.69) is 14.7 Å². The van der Waals surface area contributed by atoms with Crippen LogP contribution in [-0.2, 0) is 6.18 Å². The summed E-state index contributed by atoms with van der Waals surface area (Å²) in [5, 5.41) is 11.4. The van der Waals surface area contributed by atoms with Gasteiger partial charge >= 0.3 is 6.18 Å². The molecule has 0 amide bonds. The highest BCUT2D eigenvalue weighted by molar-refractivity contribution is 7.09. The van der Waals surface area contributed by atoms with Crippen LogP contribution in [0.15, 0.2) is 0 Å². The molecule has 8 heteroatoms. The average Bonchev–Trinajstić information content (AvgIpc) is 2.52. The zero-order valence-corrected chi connectivity index (χ0v) is 8.69. The molecule has 0 aliphatic heterocycles. The molecule has 4 nitrogen and oxygen atoms in total. The molecule has 1 heterocycles. The largest absolute Gasteiger partial charge is 0.452 e. The van der Waals surface area contributed by atoms with Crippen LogP contribution in [0.2, 0.25) is 0 Å². The lowest BCUT2D eigenvalue weighted by Crippen LogP contribution is -2.16. The lowest BCUT2D eigenvalue weighted by molar-refractivity contribution is -0.144. The first-order valence-corrected chi connectivity index (χ1v) is 4.99. The number of aliphatic hydroxyl groups excluding tert-OH is 1. The van der Waals surface area contributed by atoms with Crippen molar-refractivity contribution in [3.05, 3.63) is 5.82 Å². The van der Waals surface area contributed by atoms with Gasteiger partial charge in [0, 0.05) is 24.2 Å². The SMILES string of the molecule is CC(CCO)Nc1nc(C(F)(F)F)ns1. The number of hydrogen-bond acceptors (Lipinski definition) is 5. The molecule has 1 aromatic rings. The highest BCUT2D eigenvalue weighted by atomic mass is 32.1. The summed E-state index contributed by atoms with van der Waals surface area (Å²) in [6.07, 6.45) is -4.06. The smallest absolute Gasteiger partial charge is 0.396 e. The number of aromatic nitrogens is 2. The Balaban J connectivity index is 2.61. The summed E-state index contributed by atoms with van der Waals surface area (Å²) in [4.78, 5) is 3.29. The standard InChI is InChI=1S/C7H10F3N3OS/c1-4(2-3-14)11-6-12-5(13-15-6)7(8,9)10/h4,14H,2-3H2,1H3,(H,11,12,13). The molecule has 0 aliphatic carbocycles. The van der Waals surface area contributed by atoms with Crippen molar-refractivity contribution in [3.8, 4) is 0 Å². The summed E-state index contributed by atoms with van der Waals surface area (Å²) >= 11 is 0.657. The van der Waals surface area contributed by atoms with Gasteiger partial charge < -0.3 is 10.4 Å². The molecule has 0 radical (unpaired) electrons. The Morgan fingerprint density at radius 2 is 2.20 bits per heavy atom. The zero-order chi connectivity index (χ0) is 11.5. The molecule has 1 aromatic heterocycles. The van der Waals surface area contributed by atoms with E-state index in [-0.39, 0.29) is 17.8 Å². The first-order chi connectivity index (χ1) is 6.93. The van der Waals surface area contributed by atoms with E-state index in [9.17, 15) is 13.2 Å². The molecule has 0 aliphatic rings. The van der Waals surface area contributed by atoms with Gasteiger partial charge in [-0.2, -0.15) is 22.5 Å². The summed E-state index contributed by atoms with van der Waals surface area (Å²) < 4.78 is 39.5. The summed E-state index contributed by atoms with van der Waals surface area (Å²) in [6.45, 7) is 1.71. The van der Waals surface area contributed by atoms with Crippen LogP contribution in [-0.4, -0.2) is 27.1 Å². The minimum absolute atomic E-state index is 0.0287. The molecule has 0 bridgehead atoms. The topological polar surface area (TPSA) is 58.0 Å². The van der Waals surface area contributed by atoms with Gasteiger partial charge in [-0.05, 0) is 13.3 Å². The molecule has 0 fully saturated rings. The predicted molar refractivity (Wildman–Crippen MR) is 49.7 cm³/mol. The Kier molecular flexibility index (Phi) is 3.86. The minimum Gasteiger partial charge on any atom is -0.396 e. The quantitative estimate of drug-likeness (QED) is 0.843. The van der Waals surface area contributed by atoms with Gasteiger partial charge in [0.1, 0.15) is 0 Å². The van der Waals surface area contributed by atoms with Crippen LogP contribution in [0.1, 0.15) is 19.2 Å². The summed E-state index contributed by atoms with van der Waals surface area (Å²) in [5.74, 6) is -1.13. The number of hydrogen-bond donors (Lipinski definition) is 2. The molecule has 0 saturated carbocycles. The Bertz CT molecular complexity index is 315. The van der Waals surface area contributed by atoms with Gasteiger partial charge in [-0.1, -0.05) is 0 Å². The third kappa shape index (κ3) is 3.63. The fourth-order valence-electron chi connectivity index (χ4n) is 0.874. The second-order valence-corrected chi connectivity index (χ2v) is 3.73. The van der Waals surface area contributed by atoms with Crippen LogP contribution in [0.3, 0.4) is 0 Å². The molecule has 1 atom stereocenters. The Labute approximate surface area is 88.3 Å². The first-order valence-electron chi connectivity index (χ1n) is 4.21. The van der Waals surface area contributed by atoms with Gasteiger partial charge in [-0.15, -0.1) is 0 Å². The van der Waals surface area contributed by atoms with Crippen LogP contribution >= 0.6 is 11.5 Å². The number of aliphatic hydroxyl groups is 1. The minimum atomic E-state index is -4.50.